The smallest absolute Gasteiger partial charge is 0.204 e. The van der Waals surface area contributed by atoms with Crippen LogP contribution in [0.15, 0.2) is 42.5 Å². The second kappa shape index (κ2) is 5.10. The molecule has 2 aromatic heterocycles. The van der Waals surface area contributed by atoms with Gasteiger partial charge in [0, 0.05) is 5.02 Å². The highest BCUT2D eigenvalue weighted by Gasteiger charge is 2.14. The Morgan fingerprint density at radius 2 is 1.96 bits per heavy atom. The lowest BCUT2D eigenvalue weighted by atomic mass is 10.2. The number of hydrogen-bond donors (Lipinski definition) is 2. The quantitative estimate of drug-likeness (QED) is 0.550. The van der Waals surface area contributed by atoms with Crippen molar-refractivity contribution in [2.45, 2.75) is 6.92 Å². The zero-order chi connectivity index (χ0) is 16.0. The van der Waals surface area contributed by atoms with Crippen LogP contribution in [0.2, 0.25) is 5.02 Å². The predicted octanol–water partition coefficient (Wildman–Crippen LogP) is 3.69. The van der Waals surface area contributed by atoms with Gasteiger partial charge in [-0.05, 0) is 37.3 Å². The second-order valence-electron chi connectivity index (χ2n) is 5.14. The van der Waals surface area contributed by atoms with Crippen LogP contribution in [0.25, 0.3) is 16.7 Å². The molecule has 0 amide bonds. The summed E-state index contributed by atoms with van der Waals surface area (Å²) in [6.07, 6.45) is 0. The van der Waals surface area contributed by atoms with Gasteiger partial charge in [0.15, 0.2) is 5.82 Å². The summed E-state index contributed by atoms with van der Waals surface area (Å²) in [6, 6.07) is 12.5. The van der Waals surface area contributed by atoms with Crippen molar-refractivity contribution in [3.05, 3.63) is 53.3 Å². The molecule has 0 spiro atoms. The normalized spacial score (nSPS) is 11.2. The van der Waals surface area contributed by atoms with Crippen molar-refractivity contribution in [3.8, 4) is 5.75 Å². The molecule has 0 atom stereocenters. The minimum absolute atomic E-state index is 0.0822. The maximum absolute atomic E-state index is 10.00. The highest BCUT2D eigenvalue weighted by Crippen LogP contribution is 2.31. The monoisotopic (exact) mass is 325 g/mol. The first-order valence-corrected chi connectivity index (χ1v) is 7.37. The summed E-state index contributed by atoms with van der Waals surface area (Å²) in [6.45, 7) is 1.88. The first-order valence-electron chi connectivity index (χ1n) is 6.99. The van der Waals surface area contributed by atoms with E-state index in [-0.39, 0.29) is 5.75 Å². The molecular weight excluding hydrogens is 314 g/mol. The zero-order valence-corrected chi connectivity index (χ0v) is 12.9. The van der Waals surface area contributed by atoms with Gasteiger partial charge in [0.1, 0.15) is 11.6 Å². The van der Waals surface area contributed by atoms with E-state index in [1.807, 2.05) is 35.6 Å². The number of nitrogens with zero attached hydrogens (tertiary/aromatic N) is 4. The fourth-order valence-corrected chi connectivity index (χ4v) is 2.71. The Hall–Kier alpha value is -2.86. The molecule has 0 aliphatic carbocycles. The van der Waals surface area contributed by atoms with Crippen LogP contribution in [0.4, 0.5) is 11.5 Å². The number of aryl methyl sites for hydroxylation is 1. The summed E-state index contributed by atoms with van der Waals surface area (Å²) in [5.74, 6) is 1.34. The molecule has 2 N–H and O–H groups in total. The Labute approximate surface area is 136 Å². The van der Waals surface area contributed by atoms with E-state index in [0.717, 1.165) is 16.9 Å². The van der Waals surface area contributed by atoms with Crippen LogP contribution in [-0.2, 0) is 0 Å². The minimum atomic E-state index is 0.0822. The first-order chi connectivity index (χ1) is 11.1. The Kier molecular flexibility index (Phi) is 3.06. The van der Waals surface area contributed by atoms with Crippen LogP contribution in [0.3, 0.4) is 0 Å². The van der Waals surface area contributed by atoms with Crippen molar-refractivity contribution in [1.29, 1.82) is 0 Å². The van der Waals surface area contributed by atoms with E-state index in [1.165, 1.54) is 6.07 Å². The molecule has 0 aliphatic heterocycles. The summed E-state index contributed by atoms with van der Waals surface area (Å²) in [5, 5.41) is 21.9. The number of phenols is 1. The third-order valence-electron chi connectivity index (χ3n) is 3.60. The summed E-state index contributed by atoms with van der Waals surface area (Å²) in [5.41, 5.74) is 2.76. The number of fused-ring (bicyclic) bond motifs is 3. The highest BCUT2D eigenvalue weighted by molar-refractivity contribution is 6.31. The molecule has 6 nitrogen and oxygen atoms in total. The molecule has 0 aliphatic rings. The first kappa shape index (κ1) is 13.8. The van der Waals surface area contributed by atoms with E-state index in [2.05, 4.69) is 20.5 Å². The lowest BCUT2D eigenvalue weighted by Crippen LogP contribution is -2.01. The van der Waals surface area contributed by atoms with Crippen LogP contribution < -0.4 is 5.32 Å². The number of phenolic OH excluding ortho intramolecular Hbond substituents is 1. The number of para-hydroxylation sites is 2. The number of halogens is 1. The fourth-order valence-electron chi connectivity index (χ4n) is 2.54. The zero-order valence-electron chi connectivity index (χ0n) is 12.2. The third-order valence-corrected chi connectivity index (χ3v) is 3.84. The number of rotatable bonds is 2. The lowest BCUT2D eigenvalue weighted by Gasteiger charge is -2.11. The van der Waals surface area contributed by atoms with Gasteiger partial charge in [0.25, 0.3) is 0 Å². The summed E-state index contributed by atoms with van der Waals surface area (Å²) in [7, 11) is 0. The van der Waals surface area contributed by atoms with Gasteiger partial charge in [-0.15, -0.1) is 10.2 Å². The minimum Gasteiger partial charge on any atom is -0.506 e. The van der Waals surface area contributed by atoms with Gasteiger partial charge in [-0.2, -0.15) is 0 Å². The second-order valence-corrected chi connectivity index (χ2v) is 5.58. The predicted molar refractivity (Wildman–Crippen MR) is 89.4 cm³/mol. The molecule has 4 aromatic rings. The molecule has 4 rings (SSSR count). The van der Waals surface area contributed by atoms with Gasteiger partial charge in [-0.3, -0.25) is 4.40 Å². The Balaban J connectivity index is 1.97. The Morgan fingerprint density at radius 1 is 1.13 bits per heavy atom. The molecule has 0 saturated carbocycles. The van der Waals surface area contributed by atoms with E-state index in [0.29, 0.717) is 22.2 Å². The van der Waals surface area contributed by atoms with E-state index < -0.39 is 0 Å². The van der Waals surface area contributed by atoms with Crippen LogP contribution in [0.1, 0.15) is 5.82 Å². The number of aromatic hydroxyl groups is 1. The van der Waals surface area contributed by atoms with E-state index >= 15 is 0 Å². The maximum Gasteiger partial charge on any atom is 0.204 e. The third kappa shape index (κ3) is 2.24. The Morgan fingerprint density at radius 3 is 2.83 bits per heavy atom. The number of anilines is 2. The highest BCUT2D eigenvalue weighted by atomic mass is 35.5. The summed E-state index contributed by atoms with van der Waals surface area (Å²) >= 11 is 6.00. The van der Waals surface area contributed by atoms with Crippen LogP contribution in [-0.4, -0.2) is 24.7 Å². The van der Waals surface area contributed by atoms with E-state index in [1.54, 1.807) is 12.1 Å². The standard InChI is InChI=1S/C16H12ClN5O/c1-9-20-21-16-15(19-12-8-10(17)6-7-14(12)23)18-11-4-2-3-5-13(11)22(9)16/h2-8,23H,1H3,(H,18,19). The van der Waals surface area contributed by atoms with E-state index in [9.17, 15) is 5.11 Å². The van der Waals surface area contributed by atoms with Gasteiger partial charge < -0.3 is 10.4 Å². The molecule has 2 heterocycles. The average Bonchev–Trinajstić information content (AvgIpc) is 2.94. The van der Waals surface area contributed by atoms with Crippen molar-refractivity contribution in [2.75, 3.05) is 5.32 Å². The summed E-state index contributed by atoms with van der Waals surface area (Å²) < 4.78 is 1.92. The SMILES string of the molecule is Cc1nnc2c(Nc3cc(Cl)ccc3O)nc3ccccc3n12. The van der Waals surface area contributed by atoms with Crippen LogP contribution in [0.5, 0.6) is 5.75 Å². The van der Waals surface area contributed by atoms with Gasteiger partial charge in [0.05, 0.1) is 16.7 Å². The van der Waals surface area contributed by atoms with Crippen molar-refractivity contribution in [2.24, 2.45) is 0 Å². The van der Waals surface area contributed by atoms with Crippen molar-refractivity contribution in [1.82, 2.24) is 19.6 Å². The molecule has 7 heteroatoms. The number of aromatic nitrogens is 4. The van der Waals surface area contributed by atoms with Crippen molar-refractivity contribution < 1.29 is 5.11 Å². The molecule has 0 fully saturated rings. The fraction of sp³-hybridized carbons (Fsp3) is 0.0625. The molecule has 0 saturated heterocycles. The van der Waals surface area contributed by atoms with Gasteiger partial charge in [0.2, 0.25) is 5.65 Å². The molecule has 0 unspecified atom stereocenters. The van der Waals surface area contributed by atoms with Gasteiger partial charge in [-0.1, -0.05) is 23.7 Å². The molecule has 114 valence electrons. The van der Waals surface area contributed by atoms with Gasteiger partial charge >= 0.3 is 0 Å². The molecular formula is C16H12ClN5O. The molecule has 0 bridgehead atoms. The lowest BCUT2D eigenvalue weighted by molar-refractivity contribution is 0.478. The Bertz CT molecular complexity index is 1040. The number of benzene rings is 2. The molecule has 23 heavy (non-hydrogen) atoms. The number of hydrogen-bond acceptors (Lipinski definition) is 5. The van der Waals surface area contributed by atoms with Crippen LogP contribution in [0, 0.1) is 6.92 Å². The van der Waals surface area contributed by atoms with Crippen LogP contribution >= 0.6 is 11.6 Å². The number of nitrogens with one attached hydrogen (secondary N) is 1. The topological polar surface area (TPSA) is 75.3 Å². The average molecular weight is 326 g/mol. The maximum atomic E-state index is 10.00. The summed E-state index contributed by atoms with van der Waals surface area (Å²) in [4.78, 5) is 4.59. The molecule has 0 radical (unpaired) electrons. The van der Waals surface area contributed by atoms with Gasteiger partial charge in [-0.25, -0.2) is 4.98 Å². The van der Waals surface area contributed by atoms with E-state index in [4.69, 9.17) is 11.6 Å². The van der Waals surface area contributed by atoms with Crippen molar-refractivity contribution in [3.63, 3.8) is 0 Å². The van der Waals surface area contributed by atoms with Crippen molar-refractivity contribution >= 4 is 39.8 Å². The largest absolute Gasteiger partial charge is 0.506 e. The molecule has 2 aromatic carbocycles.